The third kappa shape index (κ3) is 2.93. The molecule has 2 aliphatic rings. The summed E-state index contributed by atoms with van der Waals surface area (Å²) in [6.45, 7) is 4.75. The van der Waals surface area contributed by atoms with Crippen LogP contribution in [0.1, 0.15) is 42.9 Å². The smallest absolute Gasteiger partial charge is 0.126 e. The van der Waals surface area contributed by atoms with Gasteiger partial charge in [-0.05, 0) is 38.2 Å². The molecular weight excluding hydrogens is 238 g/mol. The fourth-order valence-corrected chi connectivity index (χ4v) is 3.09. The van der Waals surface area contributed by atoms with E-state index in [2.05, 4.69) is 30.4 Å². The number of ether oxygens (including phenoxy) is 2. The van der Waals surface area contributed by atoms with Crippen molar-refractivity contribution in [3.63, 3.8) is 0 Å². The molecule has 1 aromatic carbocycles. The minimum Gasteiger partial charge on any atom is -0.493 e. The maximum Gasteiger partial charge on any atom is 0.126 e. The number of rotatable bonds is 2. The van der Waals surface area contributed by atoms with Gasteiger partial charge in [0.1, 0.15) is 5.75 Å². The minimum atomic E-state index is 0.431. The summed E-state index contributed by atoms with van der Waals surface area (Å²) in [5.74, 6) is 1.10. The molecule has 3 rings (SSSR count). The monoisotopic (exact) mass is 261 g/mol. The summed E-state index contributed by atoms with van der Waals surface area (Å²) in [7, 11) is 0. The Bertz CT molecular complexity index is 427. The minimum absolute atomic E-state index is 0.431. The SMILES string of the molecule is Cc1cccc2c1OCCCC2NC1CCOCC1. The van der Waals surface area contributed by atoms with E-state index in [0.29, 0.717) is 12.1 Å². The van der Waals surface area contributed by atoms with Gasteiger partial charge in [0, 0.05) is 30.9 Å². The van der Waals surface area contributed by atoms with Crippen molar-refractivity contribution in [3.8, 4) is 5.75 Å². The molecule has 1 atom stereocenters. The quantitative estimate of drug-likeness (QED) is 0.888. The number of hydrogen-bond acceptors (Lipinski definition) is 3. The van der Waals surface area contributed by atoms with Gasteiger partial charge in [0.15, 0.2) is 0 Å². The highest BCUT2D eigenvalue weighted by molar-refractivity contribution is 5.43. The van der Waals surface area contributed by atoms with Gasteiger partial charge < -0.3 is 14.8 Å². The fraction of sp³-hybridized carbons (Fsp3) is 0.625. The van der Waals surface area contributed by atoms with Crippen LogP contribution < -0.4 is 10.1 Å². The second-order valence-electron chi connectivity index (χ2n) is 5.59. The van der Waals surface area contributed by atoms with E-state index < -0.39 is 0 Å². The first-order chi connectivity index (χ1) is 9.34. The average molecular weight is 261 g/mol. The predicted octanol–water partition coefficient (Wildman–Crippen LogP) is 2.98. The third-order valence-electron chi connectivity index (χ3n) is 4.16. The summed E-state index contributed by atoms with van der Waals surface area (Å²) >= 11 is 0. The highest BCUT2D eigenvalue weighted by atomic mass is 16.5. The topological polar surface area (TPSA) is 30.5 Å². The van der Waals surface area contributed by atoms with Crippen LogP contribution in [0.3, 0.4) is 0 Å². The molecule has 1 unspecified atom stereocenters. The van der Waals surface area contributed by atoms with Crippen molar-refractivity contribution >= 4 is 0 Å². The molecule has 0 amide bonds. The van der Waals surface area contributed by atoms with E-state index in [4.69, 9.17) is 9.47 Å². The Morgan fingerprint density at radius 1 is 1.11 bits per heavy atom. The molecular formula is C16H23NO2. The van der Waals surface area contributed by atoms with Crippen molar-refractivity contribution in [2.24, 2.45) is 0 Å². The van der Waals surface area contributed by atoms with Crippen molar-refractivity contribution in [2.75, 3.05) is 19.8 Å². The van der Waals surface area contributed by atoms with Gasteiger partial charge in [-0.2, -0.15) is 0 Å². The maximum atomic E-state index is 5.93. The lowest BCUT2D eigenvalue weighted by Crippen LogP contribution is -2.37. The van der Waals surface area contributed by atoms with Crippen LogP contribution in [-0.4, -0.2) is 25.9 Å². The molecule has 1 saturated heterocycles. The summed E-state index contributed by atoms with van der Waals surface area (Å²) in [5, 5.41) is 3.82. The Morgan fingerprint density at radius 2 is 1.95 bits per heavy atom. The Morgan fingerprint density at radius 3 is 2.79 bits per heavy atom. The Hall–Kier alpha value is -1.06. The van der Waals surface area contributed by atoms with E-state index in [1.54, 1.807) is 0 Å². The van der Waals surface area contributed by atoms with Gasteiger partial charge in [0.05, 0.1) is 6.61 Å². The number of para-hydroxylation sites is 1. The summed E-state index contributed by atoms with van der Waals surface area (Å²) in [6, 6.07) is 7.51. The van der Waals surface area contributed by atoms with Gasteiger partial charge in [-0.15, -0.1) is 0 Å². The van der Waals surface area contributed by atoms with Gasteiger partial charge in [-0.25, -0.2) is 0 Å². The molecule has 1 aromatic rings. The predicted molar refractivity (Wildman–Crippen MR) is 75.6 cm³/mol. The van der Waals surface area contributed by atoms with Crippen LogP contribution in [0.2, 0.25) is 0 Å². The number of fused-ring (bicyclic) bond motifs is 1. The molecule has 3 heteroatoms. The normalized spacial score (nSPS) is 24.4. The number of benzene rings is 1. The van der Waals surface area contributed by atoms with Crippen molar-refractivity contribution in [3.05, 3.63) is 29.3 Å². The number of nitrogens with one attached hydrogen (secondary N) is 1. The molecule has 1 N–H and O–H groups in total. The molecule has 1 fully saturated rings. The lowest BCUT2D eigenvalue weighted by atomic mass is 9.97. The molecule has 0 aliphatic carbocycles. The van der Waals surface area contributed by atoms with E-state index in [9.17, 15) is 0 Å². The molecule has 19 heavy (non-hydrogen) atoms. The van der Waals surface area contributed by atoms with E-state index in [1.165, 1.54) is 11.1 Å². The van der Waals surface area contributed by atoms with Crippen molar-refractivity contribution in [2.45, 2.75) is 44.7 Å². The van der Waals surface area contributed by atoms with Crippen LogP contribution in [0.5, 0.6) is 5.75 Å². The van der Waals surface area contributed by atoms with Crippen LogP contribution >= 0.6 is 0 Å². The zero-order valence-electron chi connectivity index (χ0n) is 11.7. The van der Waals surface area contributed by atoms with Gasteiger partial charge in [-0.1, -0.05) is 18.2 Å². The van der Waals surface area contributed by atoms with Gasteiger partial charge in [0.25, 0.3) is 0 Å². The van der Waals surface area contributed by atoms with E-state index >= 15 is 0 Å². The molecule has 0 bridgehead atoms. The van der Waals surface area contributed by atoms with Crippen LogP contribution in [-0.2, 0) is 4.74 Å². The number of hydrogen-bond donors (Lipinski definition) is 1. The zero-order valence-corrected chi connectivity index (χ0v) is 11.7. The fourth-order valence-electron chi connectivity index (χ4n) is 3.09. The molecule has 0 aromatic heterocycles. The van der Waals surface area contributed by atoms with Crippen molar-refractivity contribution in [1.82, 2.24) is 5.32 Å². The molecule has 0 spiro atoms. The second-order valence-corrected chi connectivity index (χ2v) is 5.59. The Balaban J connectivity index is 1.79. The zero-order chi connectivity index (χ0) is 13.1. The molecule has 2 aliphatic heterocycles. The van der Waals surface area contributed by atoms with Crippen molar-refractivity contribution < 1.29 is 9.47 Å². The van der Waals surface area contributed by atoms with Crippen molar-refractivity contribution in [1.29, 1.82) is 0 Å². The van der Waals surface area contributed by atoms with Gasteiger partial charge in [0.2, 0.25) is 0 Å². The molecule has 2 heterocycles. The number of aryl methyl sites for hydroxylation is 1. The van der Waals surface area contributed by atoms with E-state index in [1.807, 2.05) is 0 Å². The standard InChI is InChI=1S/C16H23NO2/c1-12-4-2-5-14-15(6-3-9-19-16(12)14)17-13-7-10-18-11-8-13/h2,4-5,13,15,17H,3,6-11H2,1H3. The molecule has 0 saturated carbocycles. The maximum absolute atomic E-state index is 5.93. The first kappa shape index (κ1) is 12.9. The van der Waals surface area contributed by atoms with Gasteiger partial charge in [-0.3, -0.25) is 0 Å². The first-order valence-electron chi connectivity index (χ1n) is 7.40. The van der Waals surface area contributed by atoms with Crippen LogP contribution in [0.15, 0.2) is 18.2 Å². The summed E-state index contributed by atoms with van der Waals surface area (Å²) in [6.07, 6.45) is 4.53. The molecule has 3 nitrogen and oxygen atoms in total. The summed E-state index contributed by atoms with van der Waals surface area (Å²) in [5.41, 5.74) is 2.59. The van der Waals surface area contributed by atoms with Crippen LogP contribution in [0.4, 0.5) is 0 Å². The highest BCUT2D eigenvalue weighted by Crippen LogP contribution is 2.34. The summed E-state index contributed by atoms with van der Waals surface area (Å²) in [4.78, 5) is 0. The van der Waals surface area contributed by atoms with Gasteiger partial charge >= 0.3 is 0 Å². The molecule has 104 valence electrons. The Kier molecular flexibility index (Phi) is 4.04. The highest BCUT2D eigenvalue weighted by Gasteiger charge is 2.24. The summed E-state index contributed by atoms with van der Waals surface area (Å²) < 4.78 is 11.4. The van der Waals surface area contributed by atoms with Crippen LogP contribution in [0.25, 0.3) is 0 Å². The third-order valence-corrected chi connectivity index (χ3v) is 4.16. The van der Waals surface area contributed by atoms with E-state index in [-0.39, 0.29) is 0 Å². The molecule has 0 radical (unpaired) electrons. The van der Waals surface area contributed by atoms with E-state index in [0.717, 1.165) is 51.3 Å². The average Bonchev–Trinajstić information content (AvgIpc) is 2.64. The largest absolute Gasteiger partial charge is 0.493 e. The lowest BCUT2D eigenvalue weighted by molar-refractivity contribution is 0.0745. The van der Waals surface area contributed by atoms with Crippen LogP contribution in [0, 0.1) is 6.92 Å². The second kappa shape index (κ2) is 5.93. The first-order valence-corrected chi connectivity index (χ1v) is 7.40. The Labute approximate surface area is 115 Å². The lowest BCUT2D eigenvalue weighted by Gasteiger charge is -2.28.